The molecule has 0 bridgehead atoms. The van der Waals surface area contributed by atoms with Gasteiger partial charge < -0.3 is 0 Å². The van der Waals surface area contributed by atoms with Crippen molar-refractivity contribution >= 4 is 40.6 Å². The van der Waals surface area contributed by atoms with Crippen LogP contribution in [0.3, 0.4) is 0 Å². The van der Waals surface area contributed by atoms with Crippen molar-refractivity contribution in [2.45, 2.75) is 17.8 Å². The fourth-order valence-electron chi connectivity index (χ4n) is 3.42. The molecule has 0 amide bonds. The molecule has 7 nitrogen and oxygen atoms in total. The van der Waals surface area contributed by atoms with Crippen LogP contribution in [0.5, 0.6) is 0 Å². The Kier molecular flexibility index (Phi) is 5.88. The highest BCUT2D eigenvalue weighted by Gasteiger charge is 2.18. The summed E-state index contributed by atoms with van der Waals surface area (Å²) in [5.74, 6) is 1.05. The van der Waals surface area contributed by atoms with Crippen LogP contribution in [-0.2, 0) is 5.75 Å². The van der Waals surface area contributed by atoms with E-state index in [-0.39, 0.29) is 5.56 Å². The summed E-state index contributed by atoms with van der Waals surface area (Å²) in [6.07, 6.45) is 5.14. The Balaban J connectivity index is 1.56. The van der Waals surface area contributed by atoms with Gasteiger partial charge in [0.15, 0.2) is 11.0 Å². The van der Waals surface area contributed by atoms with Crippen molar-refractivity contribution in [2.24, 2.45) is 0 Å². The Morgan fingerprint density at radius 1 is 1.03 bits per heavy atom. The van der Waals surface area contributed by atoms with Crippen molar-refractivity contribution in [1.82, 2.24) is 29.1 Å². The molecule has 0 unspecified atom stereocenters. The fraction of sp³-hybridized carbons (Fsp3) is 0.0870. The van der Waals surface area contributed by atoms with E-state index < -0.39 is 0 Å². The molecule has 0 atom stereocenters. The van der Waals surface area contributed by atoms with Crippen LogP contribution in [-0.4, -0.2) is 29.1 Å². The maximum absolute atomic E-state index is 12.6. The summed E-state index contributed by atoms with van der Waals surface area (Å²) < 4.78 is 3.44. The van der Waals surface area contributed by atoms with E-state index in [0.717, 1.165) is 16.8 Å². The summed E-state index contributed by atoms with van der Waals surface area (Å²) in [6, 6.07) is 14.4. The average molecular weight is 495 g/mol. The molecule has 5 rings (SSSR count). The zero-order chi connectivity index (χ0) is 22.9. The predicted molar refractivity (Wildman–Crippen MR) is 130 cm³/mol. The Labute approximate surface area is 203 Å². The highest BCUT2D eigenvalue weighted by Crippen LogP contribution is 2.32. The van der Waals surface area contributed by atoms with E-state index in [1.165, 1.54) is 11.8 Å². The lowest BCUT2D eigenvalue weighted by Crippen LogP contribution is -2.15. The van der Waals surface area contributed by atoms with Crippen LogP contribution >= 0.6 is 35.0 Å². The van der Waals surface area contributed by atoms with Crippen molar-refractivity contribution in [3.8, 4) is 17.1 Å². The molecule has 0 aliphatic rings. The molecule has 4 heterocycles. The van der Waals surface area contributed by atoms with Crippen molar-refractivity contribution in [2.75, 3.05) is 0 Å². The van der Waals surface area contributed by atoms with Crippen LogP contribution in [0.25, 0.3) is 22.7 Å². The molecule has 10 heteroatoms. The van der Waals surface area contributed by atoms with Gasteiger partial charge in [0.05, 0.1) is 21.4 Å². The molecule has 1 aromatic carbocycles. The fourth-order valence-corrected chi connectivity index (χ4v) is 4.56. The lowest BCUT2D eigenvalue weighted by atomic mass is 10.2. The van der Waals surface area contributed by atoms with E-state index in [1.54, 1.807) is 41.2 Å². The van der Waals surface area contributed by atoms with E-state index in [1.807, 2.05) is 41.8 Å². The summed E-state index contributed by atoms with van der Waals surface area (Å²) in [7, 11) is 0. The van der Waals surface area contributed by atoms with Crippen LogP contribution in [0.4, 0.5) is 0 Å². The highest BCUT2D eigenvalue weighted by atomic mass is 35.5. The van der Waals surface area contributed by atoms with Crippen LogP contribution in [0, 0.1) is 6.92 Å². The molecule has 5 aromatic rings. The molecule has 4 aromatic heterocycles. The molecule has 0 radical (unpaired) electrons. The van der Waals surface area contributed by atoms with Gasteiger partial charge in [-0.2, -0.15) is 0 Å². The van der Waals surface area contributed by atoms with Gasteiger partial charge in [0.1, 0.15) is 5.65 Å². The Bertz CT molecular complexity index is 1530. The van der Waals surface area contributed by atoms with Gasteiger partial charge in [-0.15, -0.1) is 10.2 Å². The van der Waals surface area contributed by atoms with Gasteiger partial charge in [-0.1, -0.05) is 41.0 Å². The Morgan fingerprint density at radius 3 is 2.70 bits per heavy atom. The van der Waals surface area contributed by atoms with E-state index >= 15 is 0 Å². The zero-order valence-corrected chi connectivity index (χ0v) is 19.6. The minimum atomic E-state index is -0.124. The Hall–Kier alpha value is -3.20. The molecular weight excluding hydrogens is 479 g/mol. The van der Waals surface area contributed by atoms with Gasteiger partial charge in [-0.25, -0.2) is 4.98 Å². The van der Waals surface area contributed by atoms with Gasteiger partial charge in [0.2, 0.25) is 0 Å². The van der Waals surface area contributed by atoms with Gasteiger partial charge in [-0.05, 0) is 48.9 Å². The van der Waals surface area contributed by atoms with E-state index in [9.17, 15) is 4.79 Å². The molecule has 0 spiro atoms. The van der Waals surface area contributed by atoms with Crippen LogP contribution in [0.15, 0.2) is 77.1 Å². The first-order valence-corrected chi connectivity index (χ1v) is 11.7. The summed E-state index contributed by atoms with van der Waals surface area (Å²) in [6.45, 7) is 1.93. The number of thioether (sulfide) groups is 1. The Morgan fingerprint density at radius 2 is 1.91 bits per heavy atom. The maximum Gasteiger partial charge on any atom is 0.258 e. The quantitative estimate of drug-likeness (QED) is 0.310. The van der Waals surface area contributed by atoms with Gasteiger partial charge in [-0.3, -0.25) is 18.7 Å². The van der Waals surface area contributed by atoms with Crippen molar-refractivity contribution in [1.29, 1.82) is 0 Å². The number of benzene rings is 1. The lowest BCUT2D eigenvalue weighted by Gasteiger charge is -2.11. The number of rotatable bonds is 5. The second-order valence-corrected chi connectivity index (χ2v) is 9.00. The van der Waals surface area contributed by atoms with Crippen molar-refractivity contribution < 1.29 is 0 Å². The second kappa shape index (κ2) is 8.97. The van der Waals surface area contributed by atoms with E-state index in [4.69, 9.17) is 23.2 Å². The van der Waals surface area contributed by atoms with E-state index in [0.29, 0.717) is 38.1 Å². The second-order valence-electron chi connectivity index (χ2n) is 7.24. The summed E-state index contributed by atoms with van der Waals surface area (Å²) in [4.78, 5) is 21.4. The van der Waals surface area contributed by atoms with Crippen LogP contribution < -0.4 is 5.56 Å². The molecule has 0 saturated carbocycles. The van der Waals surface area contributed by atoms with Gasteiger partial charge in [0.25, 0.3) is 5.56 Å². The maximum atomic E-state index is 12.6. The van der Waals surface area contributed by atoms with Crippen LogP contribution in [0.1, 0.15) is 11.3 Å². The number of halogens is 2. The lowest BCUT2D eigenvalue weighted by molar-refractivity contribution is 0.884. The first kappa shape index (κ1) is 21.6. The number of hydrogen-bond donors (Lipinski definition) is 0. The molecule has 0 N–H and O–H groups in total. The molecule has 164 valence electrons. The predicted octanol–water partition coefficient (Wildman–Crippen LogP) is 5.24. The molecule has 33 heavy (non-hydrogen) atoms. The normalized spacial score (nSPS) is 11.2. The third-order valence-corrected chi connectivity index (χ3v) is 6.70. The van der Waals surface area contributed by atoms with Crippen molar-refractivity contribution in [3.05, 3.63) is 98.8 Å². The molecule has 0 fully saturated rings. The summed E-state index contributed by atoms with van der Waals surface area (Å²) in [5, 5.41) is 10.3. The highest BCUT2D eigenvalue weighted by molar-refractivity contribution is 7.98. The number of fused-ring (bicyclic) bond motifs is 1. The first-order valence-electron chi connectivity index (χ1n) is 9.93. The number of aryl methyl sites for hydroxylation is 1. The number of pyridine rings is 2. The average Bonchev–Trinajstić information content (AvgIpc) is 3.25. The minimum absolute atomic E-state index is 0.124. The monoisotopic (exact) mass is 494 g/mol. The van der Waals surface area contributed by atoms with Crippen molar-refractivity contribution in [3.63, 3.8) is 0 Å². The molecular formula is C23H16Cl2N6OS. The number of nitrogens with zero attached hydrogens (tertiary/aromatic N) is 6. The summed E-state index contributed by atoms with van der Waals surface area (Å²) >= 11 is 13.8. The third-order valence-electron chi connectivity index (χ3n) is 5.00. The molecule has 0 saturated heterocycles. The molecule has 0 aliphatic heterocycles. The SMILES string of the molecule is Cc1cccn2c(=O)cc(CSc3nnc(-c4cccnc4)n3-c3ccc(Cl)c(Cl)c3)nc12. The standard InChI is InChI=1S/C23H16Cl2N6OS/c1-14-4-3-9-30-20(32)10-16(27-21(14)30)13-33-23-29-28-22(15-5-2-8-26-12-15)31(23)17-6-7-18(24)19(25)11-17/h2-12H,13H2,1H3. The minimum Gasteiger partial charge on any atom is -0.270 e. The topological polar surface area (TPSA) is 78.0 Å². The first-order chi connectivity index (χ1) is 16.0. The largest absolute Gasteiger partial charge is 0.270 e. The molecule has 0 aliphatic carbocycles. The van der Waals surface area contributed by atoms with Crippen LogP contribution in [0.2, 0.25) is 10.0 Å². The number of aromatic nitrogens is 6. The smallest absolute Gasteiger partial charge is 0.258 e. The van der Waals surface area contributed by atoms with E-state index in [2.05, 4.69) is 20.2 Å². The number of hydrogen-bond acceptors (Lipinski definition) is 6. The summed E-state index contributed by atoms with van der Waals surface area (Å²) in [5.41, 5.74) is 3.67. The third kappa shape index (κ3) is 4.25. The van der Waals surface area contributed by atoms with Gasteiger partial charge in [0, 0.05) is 36.0 Å². The zero-order valence-electron chi connectivity index (χ0n) is 17.3. The van der Waals surface area contributed by atoms with Gasteiger partial charge >= 0.3 is 0 Å².